The SMILES string of the molecule is N#Cc1cccc(CNC(=O)NCC(O)c2ccco2)c1. The lowest BCUT2D eigenvalue weighted by atomic mass is 10.1. The zero-order valence-corrected chi connectivity index (χ0v) is 11.2. The molecule has 0 aliphatic rings. The van der Waals surface area contributed by atoms with E-state index < -0.39 is 12.1 Å². The fourth-order valence-electron chi connectivity index (χ4n) is 1.77. The molecule has 3 N–H and O–H groups in total. The van der Waals surface area contributed by atoms with E-state index in [0.717, 1.165) is 5.56 Å². The molecule has 6 heteroatoms. The molecule has 0 radical (unpaired) electrons. The van der Waals surface area contributed by atoms with Crippen LogP contribution in [-0.2, 0) is 6.54 Å². The van der Waals surface area contributed by atoms with Crippen LogP contribution in [0, 0.1) is 11.3 Å². The van der Waals surface area contributed by atoms with Crippen LogP contribution in [0.2, 0.25) is 0 Å². The lowest BCUT2D eigenvalue weighted by Gasteiger charge is -2.11. The van der Waals surface area contributed by atoms with Gasteiger partial charge in [0.1, 0.15) is 11.9 Å². The second kappa shape index (κ2) is 7.12. The van der Waals surface area contributed by atoms with E-state index >= 15 is 0 Å². The Hall–Kier alpha value is -2.78. The third-order valence-corrected chi connectivity index (χ3v) is 2.84. The highest BCUT2D eigenvalue weighted by molar-refractivity contribution is 5.73. The number of amides is 2. The number of urea groups is 1. The van der Waals surface area contributed by atoms with Crippen molar-refractivity contribution in [1.29, 1.82) is 5.26 Å². The van der Waals surface area contributed by atoms with Crippen molar-refractivity contribution in [2.24, 2.45) is 0 Å². The first-order valence-electron chi connectivity index (χ1n) is 6.41. The summed E-state index contributed by atoms with van der Waals surface area (Å²) in [5.41, 5.74) is 1.37. The molecule has 1 aromatic heterocycles. The maximum absolute atomic E-state index is 11.6. The standard InChI is InChI=1S/C15H15N3O3/c16-8-11-3-1-4-12(7-11)9-17-15(20)18-10-13(19)14-5-2-6-21-14/h1-7,13,19H,9-10H2,(H2,17,18,20). The summed E-state index contributed by atoms with van der Waals surface area (Å²) in [6.45, 7) is 0.357. The number of hydrogen-bond donors (Lipinski definition) is 3. The normalized spacial score (nSPS) is 11.4. The number of nitrogens with one attached hydrogen (secondary N) is 2. The number of nitrogens with zero attached hydrogens (tertiary/aromatic N) is 1. The Morgan fingerprint density at radius 1 is 1.33 bits per heavy atom. The molecule has 0 fully saturated rings. The van der Waals surface area contributed by atoms with E-state index in [4.69, 9.17) is 9.68 Å². The molecule has 1 heterocycles. The minimum Gasteiger partial charge on any atom is -0.467 e. The predicted molar refractivity (Wildman–Crippen MR) is 75.1 cm³/mol. The van der Waals surface area contributed by atoms with Crippen molar-refractivity contribution in [3.63, 3.8) is 0 Å². The molecule has 108 valence electrons. The van der Waals surface area contributed by atoms with E-state index in [2.05, 4.69) is 10.6 Å². The van der Waals surface area contributed by atoms with Gasteiger partial charge >= 0.3 is 6.03 Å². The minimum atomic E-state index is -0.882. The summed E-state index contributed by atoms with van der Waals surface area (Å²) in [4.78, 5) is 11.6. The van der Waals surface area contributed by atoms with Gasteiger partial charge in [0, 0.05) is 6.54 Å². The van der Waals surface area contributed by atoms with Crippen LogP contribution in [0.3, 0.4) is 0 Å². The zero-order chi connectivity index (χ0) is 15.1. The van der Waals surface area contributed by atoms with Crippen molar-refractivity contribution in [3.8, 4) is 6.07 Å². The molecule has 2 amide bonds. The van der Waals surface area contributed by atoms with Crippen LogP contribution in [-0.4, -0.2) is 17.7 Å². The summed E-state index contributed by atoms with van der Waals surface area (Å²) in [7, 11) is 0. The number of rotatable bonds is 5. The van der Waals surface area contributed by atoms with Gasteiger partial charge in [-0.3, -0.25) is 0 Å². The Bertz CT molecular complexity index is 632. The van der Waals surface area contributed by atoms with Crippen molar-refractivity contribution < 1.29 is 14.3 Å². The van der Waals surface area contributed by atoms with E-state index in [0.29, 0.717) is 17.9 Å². The highest BCUT2D eigenvalue weighted by Gasteiger charge is 2.11. The number of carbonyl (C=O) groups is 1. The van der Waals surface area contributed by atoms with Crippen molar-refractivity contribution in [3.05, 3.63) is 59.5 Å². The van der Waals surface area contributed by atoms with Crippen LogP contribution < -0.4 is 10.6 Å². The topological polar surface area (TPSA) is 98.3 Å². The summed E-state index contributed by atoms with van der Waals surface area (Å²) in [5.74, 6) is 0.400. The maximum atomic E-state index is 11.6. The van der Waals surface area contributed by atoms with Gasteiger partial charge in [-0.25, -0.2) is 4.79 Å². The van der Waals surface area contributed by atoms with Crippen LogP contribution in [0.4, 0.5) is 4.79 Å². The van der Waals surface area contributed by atoms with E-state index in [9.17, 15) is 9.90 Å². The summed E-state index contributed by atoms with van der Waals surface area (Å²) >= 11 is 0. The lowest BCUT2D eigenvalue weighted by Crippen LogP contribution is -2.37. The van der Waals surface area contributed by atoms with Crippen molar-refractivity contribution in [2.45, 2.75) is 12.6 Å². The second-order valence-corrected chi connectivity index (χ2v) is 4.41. The summed E-state index contributed by atoms with van der Waals surface area (Å²) in [6.07, 6.45) is 0.577. The average molecular weight is 285 g/mol. The van der Waals surface area contributed by atoms with Gasteiger partial charge in [-0.1, -0.05) is 12.1 Å². The van der Waals surface area contributed by atoms with Gasteiger partial charge in [0.2, 0.25) is 0 Å². The number of nitriles is 1. The number of aliphatic hydroxyl groups excluding tert-OH is 1. The Kier molecular flexibility index (Phi) is 4.96. The van der Waals surface area contributed by atoms with Crippen LogP contribution >= 0.6 is 0 Å². The zero-order valence-electron chi connectivity index (χ0n) is 11.2. The van der Waals surface area contributed by atoms with E-state index in [1.807, 2.05) is 12.1 Å². The molecule has 6 nitrogen and oxygen atoms in total. The van der Waals surface area contributed by atoms with Crippen LogP contribution in [0.15, 0.2) is 47.1 Å². The molecule has 1 unspecified atom stereocenters. The Balaban J connectivity index is 1.76. The van der Waals surface area contributed by atoms with Gasteiger partial charge in [0.25, 0.3) is 0 Å². The number of aliphatic hydroxyl groups is 1. The lowest BCUT2D eigenvalue weighted by molar-refractivity contribution is 0.148. The predicted octanol–water partition coefficient (Wildman–Crippen LogP) is 1.68. The minimum absolute atomic E-state index is 0.0532. The summed E-state index contributed by atoms with van der Waals surface area (Å²) in [5, 5.41) is 23.7. The maximum Gasteiger partial charge on any atom is 0.315 e. The summed E-state index contributed by atoms with van der Waals surface area (Å²) < 4.78 is 5.03. The monoisotopic (exact) mass is 285 g/mol. The molecule has 1 atom stereocenters. The molecule has 2 aromatic rings. The first kappa shape index (κ1) is 14.6. The van der Waals surface area contributed by atoms with E-state index in [1.54, 1.807) is 30.3 Å². The molecule has 0 saturated carbocycles. The average Bonchev–Trinajstić information content (AvgIpc) is 3.05. The Morgan fingerprint density at radius 2 is 2.19 bits per heavy atom. The molecule has 2 rings (SSSR count). The Labute approximate surface area is 122 Å². The number of carbonyl (C=O) groups excluding carboxylic acids is 1. The van der Waals surface area contributed by atoms with Gasteiger partial charge in [-0.2, -0.15) is 5.26 Å². The van der Waals surface area contributed by atoms with Gasteiger partial charge in [0.05, 0.1) is 24.4 Å². The first-order valence-corrected chi connectivity index (χ1v) is 6.41. The molecule has 0 aliphatic heterocycles. The quantitative estimate of drug-likeness (QED) is 0.778. The van der Waals surface area contributed by atoms with Crippen molar-refractivity contribution in [2.75, 3.05) is 6.54 Å². The van der Waals surface area contributed by atoms with Gasteiger partial charge in [-0.15, -0.1) is 0 Å². The number of furan rings is 1. The first-order chi connectivity index (χ1) is 10.2. The highest BCUT2D eigenvalue weighted by Crippen LogP contribution is 2.11. The van der Waals surface area contributed by atoms with Crippen molar-refractivity contribution >= 4 is 6.03 Å². The summed E-state index contributed by atoms with van der Waals surface area (Å²) in [6, 6.07) is 11.9. The number of hydrogen-bond acceptors (Lipinski definition) is 4. The van der Waals surface area contributed by atoms with Crippen LogP contribution in [0.25, 0.3) is 0 Å². The van der Waals surface area contributed by atoms with Gasteiger partial charge in [-0.05, 0) is 29.8 Å². The largest absolute Gasteiger partial charge is 0.467 e. The third-order valence-electron chi connectivity index (χ3n) is 2.84. The third kappa shape index (κ3) is 4.37. The molecule has 21 heavy (non-hydrogen) atoms. The smallest absolute Gasteiger partial charge is 0.315 e. The van der Waals surface area contributed by atoms with Crippen LogP contribution in [0.1, 0.15) is 23.0 Å². The van der Waals surface area contributed by atoms with Crippen molar-refractivity contribution in [1.82, 2.24) is 10.6 Å². The molecule has 0 spiro atoms. The van der Waals surface area contributed by atoms with Gasteiger partial charge in [0.15, 0.2) is 0 Å². The molecular weight excluding hydrogens is 270 g/mol. The Morgan fingerprint density at radius 3 is 2.90 bits per heavy atom. The van der Waals surface area contributed by atoms with Crippen LogP contribution in [0.5, 0.6) is 0 Å². The van der Waals surface area contributed by atoms with Gasteiger partial charge < -0.3 is 20.2 Å². The second-order valence-electron chi connectivity index (χ2n) is 4.41. The molecule has 0 saturated heterocycles. The molecular formula is C15H15N3O3. The molecule has 1 aromatic carbocycles. The number of benzene rings is 1. The molecule has 0 bridgehead atoms. The fourth-order valence-corrected chi connectivity index (χ4v) is 1.77. The van der Waals surface area contributed by atoms with E-state index in [-0.39, 0.29) is 6.54 Å². The molecule has 0 aliphatic carbocycles. The van der Waals surface area contributed by atoms with E-state index in [1.165, 1.54) is 6.26 Å². The fraction of sp³-hybridized carbons (Fsp3) is 0.200. The highest BCUT2D eigenvalue weighted by atomic mass is 16.4.